The van der Waals surface area contributed by atoms with Crippen molar-refractivity contribution in [3.05, 3.63) is 35.0 Å². The molecule has 0 fully saturated rings. The van der Waals surface area contributed by atoms with E-state index in [-0.39, 0.29) is 18.5 Å². The number of nitrogens with zero attached hydrogens (tertiary/aromatic N) is 1. The van der Waals surface area contributed by atoms with E-state index in [1.54, 1.807) is 0 Å². The zero-order chi connectivity index (χ0) is 15.7. The zero-order valence-electron chi connectivity index (χ0n) is 13.5. The van der Waals surface area contributed by atoms with Crippen LogP contribution >= 0.6 is 0 Å². The molecule has 1 unspecified atom stereocenters. The van der Waals surface area contributed by atoms with E-state index in [1.807, 2.05) is 6.92 Å². The topological polar surface area (TPSA) is 40.5 Å². The summed E-state index contributed by atoms with van der Waals surface area (Å²) in [7, 11) is 2.08. The first-order valence-electron chi connectivity index (χ1n) is 8.03. The van der Waals surface area contributed by atoms with Crippen molar-refractivity contribution in [3.63, 3.8) is 0 Å². The van der Waals surface area contributed by atoms with Gasteiger partial charge < -0.3 is 14.0 Å². The molecule has 3 rings (SSSR count). The number of aryl methyl sites for hydroxylation is 2. The first-order valence-corrected chi connectivity index (χ1v) is 8.03. The van der Waals surface area contributed by atoms with Gasteiger partial charge in [0.05, 0.1) is 30.8 Å². The number of esters is 1. The molecule has 1 aromatic heterocycles. The molecule has 1 aliphatic rings. The van der Waals surface area contributed by atoms with Crippen LogP contribution in [0.25, 0.3) is 10.9 Å². The maximum atomic E-state index is 11.9. The Hall–Kier alpha value is -1.81. The van der Waals surface area contributed by atoms with Crippen molar-refractivity contribution in [1.82, 2.24) is 4.57 Å². The molecule has 0 N–H and O–H groups in total. The Morgan fingerprint density at radius 3 is 2.95 bits per heavy atom. The summed E-state index contributed by atoms with van der Waals surface area (Å²) in [6, 6.07) is 6.48. The number of hydrogen-bond acceptors (Lipinski definition) is 3. The third-order valence-electron chi connectivity index (χ3n) is 4.47. The molecule has 22 heavy (non-hydrogen) atoms. The number of para-hydroxylation sites is 1. The Bertz CT molecular complexity index is 702. The normalized spacial score (nSPS) is 17.5. The number of rotatable bonds is 4. The van der Waals surface area contributed by atoms with Crippen LogP contribution in [0.4, 0.5) is 0 Å². The van der Waals surface area contributed by atoms with Crippen LogP contribution in [0.3, 0.4) is 0 Å². The second kappa shape index (κ2) is 6.13. The van der Waals surface area contributed by atoms with Gasteiger partial charge in [-0.1, -0.05) is 25.1 Å². The van der Waals surface area contributed by atoms with Crippen LogP contribution in [0.1, 0.15) is 43.2 Å². The third-order valence-corrected chi connectivity index (χ3v) is 4.47. The molecule has 0 radical (unpaired) electrons. The van der Waals surface area contributed by atoms with Gasteiger partial charge in [0.1, 0.15) is 6.10 Å². The summed E-state index contributed by atoms with van der Waals surface area (Å²) < 4.78 is 13.2. The minimum Gasteiger partial charge on any atom is -0.466 e. The molecule has 0 bridgehead atoms. The molecule has 0 saturated heterocycles. The van der Waals surface area contributed by atoms with Crippen molar-refractivity contribution in [3.8, 4) is 0 Å². The van der Waals surface area contributed by atoms with Crippen LogP contribution in [0.5, 0.6) is 0 Å². The number of fused-ring (bicyclic) bond motifs is 3. The maximum Gasteiger partial charge on any atom is 0.308 e. The van der Waals surface area contributed by atoms with Gasteiger partial charge in [0.15, 0.2) is 0 Å². The van der Waals surface area contributed by atoms with Gasteiger partial charge in [-0.25, -0.2) is 0 Å². The SMILES string of the molecule is CCOC(=O)CC1OCCc2c1n(C)c1c(CC)cccc21. The lowest BCUT2D eigenvalue weighted by Crippen LogP contribution is -2.21. The van der Waals surface area contributed by atoms with Crippen LogP contribution in [-0.2, 0) is 34.2 Å². The second-order valence-electron chi connectivity index (χ2n) is 5.71. The minimum atomic E-state index is -0.204. The molecule has 4 heteroatoms. The summed E-state index contributed by atoms with van der Waals surface area (Å²) in [5.41, 5.74) is 5.07. The molecular weight excluding hydrogens is 278 g/mol. The Balaban J connectivity index is 2.08. The number of ether oxygens (including phenoxy) is 2. The van der Waals surface area contributed by atoms with Crippen LogP contribution in [0.2, 0.25) is 0 Å². The molecule has 2 heterocycles. The van der Waals surface area contributed by atoms with Crippen molar-refractivity contribution in [2.75, 3.05) is 13.2 Å². The van der Waals surface area contributed by atoms with Crippen LogP contribution in [-0.4, -0.2) is 23.8 Å². The fourth-order valence-corrected chi connectivity index (χ4v) is 3.56. The molecule has 0 amide bonds. The molecule has 0 aliphatic carbocycles. The van der Waals surface area contributed by atoms with Gasteiger partial charge in [-0.05, 0) is 30.9 Å². The highest BCUT2D eigenvalue weighted by Gasteiger charge is 2.29. The zero-order valence-corrected chi connectivity index (χ0v) is 13.5. The van der Waals surface area contributed by atoms with Gasteiger partial charge in [-0.3, -0.25) is 4.79 Å². The van der Waals surface area contributed by atoms with Gasteiger partial charge in [0, 0.05) is 12.4 Å². The Kier molecular flexibility index (Phi) is 4.21. The van der Waals surface area contributed by atoms with E-state index < -0.39 is 0 Å². The summed E-state index contributed by atoms with van der Waals surface area (Å²) in [5, 5.41) is 1.30. The predicted octanol–water partition coefficient (Wildman–Crippen LogP) is 3.31. The van der Waals surface area contributed by atoms with E-state index in [0.717, 1.165) is 18.5 Å². The molecule has 118 valence electrons. The highest BCUT2D eigenvalue weighted by Crippen LogP contribution is 2.37. The van der Waals surface area contributed by atoms with Crippen molar-refractivity contribution in [1.29, 1.82) is 0 Å². The lowest BCUT2D eigenvalue weighted by atomic mass is 9.99. The Morgan fingerprint density at radius 2 is 2.23 bits per heavy atom. The quantitative estimate of drug-likeness (QED) is 0.814. The lowest BCUT2D eigenvalue weighted by molar-refractivity contribution is -0.146. The molecule has 1 atom stereocenters. The fourth-order valence-electron chi connectivity index (χ4n) is 3.56. The summed E-state index contributed by atoms with van der Waals surface area (Å²) in [5.74, 6) is -0.193. The molecule has 0 saturated carbocycles. The van der Waals surface area contributed by atoms with E-state index in [1.165, 1.54) is 22.0 Å². The highest BCUT2D eigenvalue weighted by atomic mass is 16.5. The van der Waals surface area contributed by atoms with Crippen LogP contribution in [0, 0.1) is 0 Å². The number of carbonyl (C=O) groups is 1. The van der Waals surface area contributed by atoms with Gasteiger partial charge in [-0.2, -0.15) is 0 Å². The van der Waals surface area contributed by atoms with E-state index in [2.05, 4.69) is 36.7 Å². The average Bonchev–Trinajstić information content (AvgIpc) is 2.82. The van der Waals surface area contributed by atoms with Crippen molar-refractivity contribution < 1.29 is 14.3 Å². The average molecular weight is 301 g/mol. The molecule has 4 nitrogen and oxygen atoms in total. The predicted molar refractivity (Wildman–Crippen MR) is 85.9 cm³/mol. The summed E-state index contributed by atoms with van der Waals surface area (Å²) in [4.78, 5) is 11.9. The first-order chi connectivity index (χ1) is 10.7. The highest BCUT2D eigenvalue weighted by molar-refractivity contribution is 5.89. The van der Waals surface area contributed by atoms with Gasteiger partial charge in [-0.15, -0.1) is 0 Å². The van der Waals surface area contributed by atoms with Gasteiger partial charge in [0.2, 0.25) is 0 Å². The first kappa shape index (κ1) is 15.1. The van der Waals surface area contributed by atoms with E-state index >= 15 is 0 Å². The molecular formula is C18H23NO3. The molecule has 1 aromatic carbocycles. The smallest absolute Gasteiger partial charge is 0.308 e. The third kappa shape index (κ3) is 2.41. The van der Waals surface area contributed by atoms with Crippen LogP contribution in [0.15, 0.2) is 18.2 Å². The summed E-state index contributed by atoms with van der Waals surface area (Å²) in [6.45, 7) is 5.07. The monoisotopic (exact) mass is 301 g/mol. The van der Waals surface area contributed by atoms with E-state index in [0.29, 0.717) is 13.2 Å². The fraction of sp³-hybridized carbons (Fsp3) is 0.500. The molecule has 1 aliphatic heterocycles. The van der Waals surface area contributed by atoms with Crippen molar-refractivity contribution >= 4 is 16.9 Å². The molecule has 2 aromatic rings. The number of aromatic nitrogens is 1. The number of benzene rings is 1. The second-order valence-corrected chi connectivity index (χ2v) is 5.71. The van der Waals surface area contributed by atoms with Crippen LogP contribution < -0.4 is 0 Å². The van der Waals surface area contributed by atoms with E-state index in [4.69, 9.17) is 9.47 Å². The Morgan fingerprint density at radius 1 is 1.41 bits per heavy atom. The number of carbonyl (C=O) groups excluding carboxylic acids is 1. The largest absolute Gasteiger partial charge is 0.466 e. The van der Waals surface area contributed by atoms with E-state index in [9.17, 15) is 4.79 Å². The summed E-state index contributed by atoms with van der Waals surface area (Å²) in [6.07, 6.45) is 1.98. The maximum absolute atomic E-state index is 11.9. The summed E-state index contributed by atoms with van der Waals surface area (Å²) >= 11 is 0. The minimum absolute atomic E-state index is 0.193. The number of hydrogen-bond donors (Lipinski definition) is 0. The van der Waals surface area contributed by atoms with Gasteiger partial charge in [0.25, 0.3) is 0 Å². The van der Waals surface area contributed by atoms with Crippen molar-refractivity contribution in [2.24, 2.45) is 7.05 Å². The molecule has 0 spiro atoms. The lowest BCUT2D eigenvalue weighted by Gasteiger charge is -2.24. The van der Waals surface area contributed by atoms with Crippen molar-refractivity contribution in [2.45, 2.75) is 39.2 Å². The standard InChI is InChI=1S/C18H23NO3/c1-4-12-7-6-8-13-14-9-10-22-15(11-16(20)21-5-2)18(14)19(3)17(12)13/h6-8,15H,4-5,9-11H2,1-3H3. The Labute approximate surface area is 131 Å². The van der Waals surface area contributed by atoms with Gasteiger partial charge >= 0.3 is 5.97 Å².